The molecule has 0 saturated carbocycles. The number of methoxy groups -OCH3 is 1. The molecule has 1 heterocycles. The molecule has 1 aliphatic heterocycles. The SMILES string of the molecule is CCOC(=O)C1=C(C)N(C)C(=O)N[C@@H]1c1c(OC)ccc2ccccc12. The predicted molar refractivity (Wildman–Crippen MR) is 98.9 cm³/mol. The zero-order valence-corrected chi connectivity index (χ0v) is 15.3. The third-order valence-electron chi connectivity index (χ3n) is 4.69. The summed E-state index contributed by atoms with van der Waals surface area (Å²) in [5, 5.41) is 4.83. The van der Waals surface area contributed by atoms with Crippen LogP contribution in [0.5, 0.6) is 5.75 Å². The number of urea groups is 1. The lowest BCUT2D eigenvalue weighted by atomic mass is 9.90. The van der Waals surface area contributed by atoms with Crippen LogP contribution >= 0.6 is 0 Å². The first-order valence-corrected chi connectivity index (χ1v) is 8.47. The molecule has 0 fully saturated rings. The average molecular weight is 354 g/mol. The van der Waals surface area contributed by atoms with Gasteiger partial charge in [-0.05, 0) is 30.7 Å². The number of benzene rings is 2. The Bertz CT molecular complexity index is 904. The first kappa shape index (κ1) is 17.8. The zero-order chi connectivity index (χ0) is 18.8. The van der Waals surface area contributed by atoms with Crippen molar-refractivity contribution in [1.29, 1.82) is 0 Å². The summed E-state index contributed by atoms with van der Waals surface area (Å²) in [6.07, 6.45) is 0. The molecule has 3 rings (SSSR count). The van der Waals surface area contributed by atoms with Crippen molar-refractivity contribution >= 4 is 22.8 Å². The third-order valence-corrected chi connectivity index (χ3v) is 4.69. The highest BCUT2D eigenvalue weighted by atomic mass is 16.5. The fourth-order valence-corrected chi connectivity index (χ4v) is 3.28. The second-order valence-corrected chi connectivity index (χ2v) is 6.06. The van der Waals surface area contributed by atoms with Crippen molar-refractivity contribution in [1.82, 2.24) is 10.2 Å². The summed E-state index contributed by atoms with van der Waals surface area (Å²) in [5.41, 5.74) is 1.71. The summed E-state index contributed by atoms with van der Waals surface area (Å²) in [4.78, 5) is 26.5. The van der Waals surface area contributed by atoms with Gasteiger partial charge in [0.2, 0.25) is 0 Å². The van der Waals surface area contributed by atoms with Crippen molar-refractivity contribution in [2.75, 3.05) is 20.8 Å². The van der Waals surface area contributed by atoms with E-state index in [0.29, 0.717) is 17.0 Å². The first-order valence-electron chi connectivity index (χ1n) is 8.47. The van der Waals surface area contributed by atoms with Gasteiger partial charge >= 0.3 is 12.0 Å². The molecule has 1 atom stereocenters. The van der Waals surface area contributed by atoms with Crippen LogP contribution in [0.4, 0.5) is 4.79 Å². The molecule has 6 heteroatoms. The van der Waals surface area contributed by atoms with Gasteiger partial charge in [0, 0.05) is 18.3 Å². The predicted octanol–water partition coefficient (Wildman–Crippen LogP) is 3.38. The number of fused-ring (bicyclic) bond motifs is 1. The van der Waals surface area contributed by atoms with Crippen molar-refractivity contribution < 1.29 is 19.1 Å². The monoisotopic (exact) mass is 354 g/mol. The molecule has 2 amide bonds. The summed E-state index contributed by atoms with van der Waals surface area (Å²) in [6, 6.07) is 10.7. The van der Waals surface area contributed by atoms with E-state index in [4.69, 9.17) is 9.47 Å². The number of rotatable bonds is 4. The number of carbonyl (C=O) groups excluding carboxylic acids is 2. The van der Waals surface area contributed by atoms with Gasteiger partial charge in [-0.2, -0.15) is 0 Å². The number of carbonyl (C=O) groups is 2. The number of allylic oxidation sites excluding steroid dienone is 1. The molecule has 0 spiro atoms. The molecule has 6 nitrogen and oxygen atoms in total. The van der Waals surface area contributed by atoms with Crippen LogP contribution in [0.1, 0.15) is 25.5 Å². The summed E-state index contributed by atoms with van der Waals surface area (Å²) in [5.74, 6) is 0.157. The van der Waals surface area contributed by atoms with E-state index in [9.17, 15) is 9.59 Å². The lowest BCUT2D eigenvalue weighted by molar-refractivity contribution is -0.139. The van der Waals surface area contributed by atoms with Gasteiger partial charge in [-0.1, -0.05) is 30.3 Å². The number of hydrogen-bond donors (Lipinski definition) is 1. The summed E-state index contributed by atoms with van der Waals surface area (Å²) < 4.78 is 10.8. The van der Waals surface area contributed by atoms with Crippen molar-refractivity contribution in [2.24, 2.45) is 0 Å². The standard InChI is InChI=1S/C20H22N2O4/c1-5-26-19(23)16-12(2)22(3)20(24)21-18(16)17-14-9-7-6-8-13(14)10-11-15(17)25-4/h6-11,18H,5H2,1-4H3,(H,21,24)/t18-/m0/s1. The Morgan fingerprint density at radius 3 is 2.65 bits per heavy atom. The maximum absolute atomic E-state index is 12.7. The van der Waals surface area contributed by atoms with Crippen LogP contribution in [0, 0.1) is 0 Å². The third kappa shape index (κ3) is 2.87. The number of nitrogens with zero attached hydrogens (tertiary/aromatic N) is 1. The van der Waals surface area contributed by atoms with Crippen LogP contribution in [0.25, 0.3) is 10.8 Å². The van der Waals surface area contributed by atoms with E-state index in [2.05, 4.69) is 5.32 Å². The minimum atomic E-state index is -0.654. The summed E-state index contributed by atoms with van der Waals surface area (Å²) in [7, 11) is 3.20. The van der Waals surface area contributed by atoms with Gasteiger partial charge in [-0.25, -0.2) is 9.59 Å². The second-order valence-electron chi connectivity index (χ2n) is 6.06. The molecule has 1 aliphatic rings. The Kier molecular flexibility index (Phi) is 4.84. The number of esters is 1. The Morgan fingerprint density at radius 2 is 1.96 bits per heavy atom. The number of hydrogen-bond acceptors (Lipinski definition) is 4. The van der Waals surface area contributed by atoms with Crippen molar-refractivity contribution in [3.8, 4) is 5.75 Å². The van der Waals surface area contributed by atoms with Gasteiger partial charge in [-0.15, -0.1) is 0 Å². The smallest absolute Gasteiger partial charge is 0.338 e. The molecule has 0 bridgehead atoms. The molecule has 2 aromatic carbocycles. The van der Waals surface area contributed by atoms with Gasteiger partial charge in [0.1, 0.15) is 5.75 Å². The van der Waals surface area contributed by atoms with Gasteiger partial charge in [0.25, 0.3) is 0 Å². The molecular weight excluding hydrogens is 332 g/mol. The van der Waals surface area contributed by atoms with Gasteiger partial charge < -0.3 is 19.7 Å². The molecule has 0 aliphatic carbocycles. The van der Waals surface area contributed by atoms with Crippen LogP contribution in [0.3, 0.4) is 0 Å². The van der Waals surface area contributed by atoms with E-state index in [1.54, 1.807) is 28.0 Å². The first-order chi connectivity index (χ1) is 12.5. The summed E-state index contributed by atoms with van der Waals surface area (Å²) >= 11 is 0. The molecule has 1 N–H and O–H groups in total. The fraction of sp³-hybridized carbons (Fsp3) is 0.300. The number of ether oxygens (including phenoxy) is 2. The van der Waals surface area contributed by atoms with Crippen molar-refractivity contribution in [3.63, 3.8) is 0 Å². The Balaban J connectivity index is 2.28. The van der Waals surface area contributed by atoms with Gasteiger partial charge in [0.15, 0.2) is 0 Å². The van der Waals surface area contributed by atoms with Gasteiger partial charge in [-0.3, -0.25) is 0 Å². The molecule has 0 saturated heterocycles. The average Bonchev–Trinajstić information content (AvgIpc) is 2.65. The quantitative estimate of drug-likeness (QED) is 0.855. The largest absolute Gasteiger partial charge is 0.496 e. The molecule has 2 aromatic rings. The molecule has 26 heavy (non-hydrogen) atoms. The van der Waals surface area contributed by atoms with Crippen LogP contribution in [-0.4, -0.2) is 37.7 Å². The van der Waals surface area contributed by atoms with Crippen LogP contribution < -0.4 is 10.1 Å². The summed E-state index contributed by atoms with van der Waals surface area (Å²) in [6.45, 7) is 3.76. The van der Waals surface area contributed by atoms with E-state index in [0.717, 1.165) is 16.3 Å². The number of amides is 2. The lowest BCUT2D eigenvalue weighted by Gasteiger charge is -2.34. The van der Waals surface area contributed by atoms with Gasteiger partial charge in [0.05, 0.1) is 25.3 Å². The second kappa shape index (κ2) is 7.07. The minimum Gasteiger partial charge on any atom is -0.496 e. The highest BCUT2D eigenvalue weighted by Crippen LogP contribution is 2.39. The normalized spacial score (nSPS) is 17.3. The van der Waals surface area contributed by atoms with Crippen LogP contribution in [0.2, 0.25) is 0 Å². The Labute approximate surface area is 152 Å². The minimum absolute atomic E-state index is 0.257. The number of nitrogens with one attached hydrogen (secondary N) is 1. The maximum atomic E-state index is 12.7. The Hall–Kier alpha value is -3.02. The molecular formula is C20H22N2O4. The molecule has 0 radical (unpaired) electrons. The highest BCUT2D eigenvalue weighted by molar-refractivity contribution is 5.98. The maximum Gasteiger partial charge on any atom is 0.338 e. The van der Waals surface area contributed by atoms with Crippen molar-refractivity contribution in [2.45, 2.75) is 19.9 Å². The molecule has 0 unspecified atom stereocenters. The van der Waals surface area contributed by atoms with E-state index in [1.807, 2.05) is 36.4 Å². The van der Waals surface area contributed by atoms with E-state index in [1.165, 1.54) is 4.90 Å². The fourth-order valence-electron chi connectivity index (χ4n) is 3.28. The molecule has 136 valence electrons. The van der Waals surface area contributed by atoms with Crippen LogP contribution in [0.15, 0.2) is 47.7 Å². The lowest BCUT2D eigenvalue weighted by Crippen LogP contribution is -2.46. The van der Waals surface area contributed by atoms with Crippen LogP contribution in [-0.2, 0) is 9.53 Å². The Morgan fingerprint density at radius 1 is 1.23 bits per heavy atom. The highest BCUT2D eigenvalue weighted by Gasteiger charge is 2.37. The van der Waals surface area contributed by atoms with Crippen molar-refractivity contribution in [3.05, 3.63) is 53.2 Å². The van der Waals surface area contributed by atoms with E-state index < -0.39 is 12.0 Å². The van der Waals surface area contributed by atoms with E-state index in [-0.39, 0.29) is 12.6 Å². The zero-order valence-electron chi connectivity index (χ0n) is 15.3. The molecule has 0 aromatic heterocycles. The van der Waals surface area contributed by atoms with E-state index >= 15 is 0 Å². The topological polar surface area (TPSA) is 67.9 Å².